The maximum absolute atomic E-state index is 5.64. The maximum Gasteiger partial charge on any atom is 0.0962 e. The van der Waals surface area contributed by atoms with Gasteiger partial charge < -0.3 is 10.3 Å². The number of imidazole rings is 1. The van der Waals surface area contributed by atoms with Gasteiger partial charge in [-0.25, -0.2) is 4.98 Å². The summed E-state index contributed by atoms with van der Waals surface area (Å²) in [5.74, 6) is 0. The summed E-state index contributed by atoms with van der Waals surface area (Å²) < 4.78 is 2.13. The largest absolute Gasteiger partial charge is 0.325 e. The Morgan fingerprint density at radius 3 is 2.65 bits per heavy atom. The number of aromatic nitrogens is 3. The van der Waals surface area contributed by atoms with E-state index in [0.29, 0.717) is 13.1 Å². The molecule has 0 aliphatic carbocycles. The molecule has 0 saturated carbocycles. The average molecular weight is 266 g/mol. The van der Waals surface area contributed by atoms with Crippen molar-refractivity contribution in [3.63, 3.8) is 0 Å². The molecule has 0 amide bonds. The number of aryl methyl sites for hydroxylation is 2. The molecule has 20 heavy (non-hydrogen) atoms. The molecule has 102 valence electrons. The van der Waals surface area contributed by atoms with Crippen LogP contribution in [0.5, 0.6) is 0 Å². The van der Waals surface area contributed by atoms with Gasteiger partial charge in [-0.15, -0.1) is 0 Å². The molecule has 2 N–H and O–H groups in total. The van der Waals surface area contributed by atoms with Gasteiger partial charge in [0.15, 0.2) is 0 Å². The third kappa shape index (κ3) is 2.30. The molecule has 0 saturated heterocycles. The summed E-state index contributed by atoms with van der Waals surface area (Å²) in [7, 11) is 0. The lowest BCUT2D eigenvalue weighted by atomic mass is 10.1. The third-order valence-electron chi connectivity index (χ3n) is 3.64. The number of hydrogen-bond acceptors (Lipinski definition) is 3. The Bertz CT molecular complexity index is 758. The Morgan fingerprint density at radius 2 is 1.85 bits per heavy atom. The van der Waals surface area contributed by atoms with Crippen LogP contribution >= 0.6 is 0 Å². The Morgan fingerprint density at radius 1 is 1.10 bits per heavy atom. The lowest BCUT2D eigenvalue weighted by molar-refractivity contribution is 0.785. The molecule has 0 radical (unpaired) electrons. The van der Waals surface area contributed by atoms with Gasteiger partial charge in [0, 0.05) is 6.54 Å². The molecule has 0 unspecified atom stereocenters. The van der Waals surface area contributed by atoms with Crippen molar-refractivity contribution in [2.75, 3.05) is 0 Å². The number of fused-ring (bicyclic) bond motifs is 1. The van der Waals surface area contributed by atoms with Crippen molar-refractivity contribution in [3.8, 4) is 0 Å². The summed E-state index contributed by atoms with van der Waals surface area (Å²) in [6.07, 6.45) is 1.88. The molecule has 4 nitrogen and oxygen atoms in total. The molecule has 0 aliphatic rings. The molecule has 0 spiro atoms. The van der Waals surface area contributed by atoms with Crippen molar-refractivity contribution in [2.24, 2.45) is 5.73 Å². The lowest BCUT2D eigenvalue weighted by Gasteiger charge is -2.07. The van der Waals surface area contributed by atoms with Crippen LogP contribution in [0.4, 0.5) is 0 Å². The zero-order valence-electron chi connectivity index (χ0n) is 11.8. The first-order valence-electron chi connectivity index (χ1n) is 6.74. The van der Waals surface area contributed by atoms with Crippen molar-refractivity contribution in [1.82, 2.24) is 14.5 Å². The number of hydrogen-bond donors (Lipinski definition) is 1. The normalized spacial score (nSPS) is 11.2. The highest BCUT2D eigenvalue weighted by Gasteiger charge is 2.06. The quantitative estimate of drug-likeness (QED) is 0.792. The molecule has 0 aliphatic heterocycles. The Balaban J connectivity index is 2.00. The molecular formula is C16H18N4. The molecule has 0 bridgehead atoms. The minimum Gasteiger partial charge on any atom is -0.325 e. The van der Waals surface area contributed by atoms with E-state index in [0.717, 1.165) is 22.4 Å². The van der Waals surface area contributed by atoms with Gasteiger partial charge in [-0.2, -0.15) is 0 Å². The maximum atomic E-state index is 5.64. The van der Waals surface area contributed by atoms with Crippen molar-refractivity contribution < 1.29 is 0 Å². The molecule has 0 fully saturated rings. The summed E-state index contributed by atoms with van der Waals surface area (Å²) in [4.78, 5) is 9.01. The summed E-state index contributed by atoms with van der Waals surface area (Å²) in [6, 6.07) is 10.3. The highest BCUT2D eigenvalue weighted by molar-refractivity contribution is 5.77. The van der Waals surface area contributed by atoms with E-state index in [1.807, 2.05) is 24.5 Å². The number of rotatable bonds is 3. The third-order valence-corrected chi connectivity index (χ3v) is 3.64. The standard InChI is InChI=1S/C16H18N4/c1-11-6-15-16(7-12(11)2)20(10-18-15)9-14-5-3-4-13(8-17)19-14/h3-7,10H,8-9,17H2,1-2H3. The van der Waals surface area contributed by atoms with E-state index < -0.39 is 0 Å². The van der Waals surface area contributed by atoms with E-state index in [1.165, 1.54) is 11.1 Å². The predicted molar refractivity (Wildman–Crippen MR) is 80.4 cm³/mol. The number of nitrogens with two attached hydrogens (primary N) is 1. The Labute approximate surface area is 118 Å². The van der Waals surface area contributed by atoms with Crippen LogP contribution in [0.15, 0.2) is 36.7 Å². The van der Waals surface area contributed by atoms with E-state index >= 15 is 0 Å². The van der Waals surface area contributed by atoms with Gasteiger partial charge in [0.05, 0.1) is 35.3 Å². The van der Waals surface area contributed by atoms with Crippen molar-refractivity contribution in [1.29, 1.82) is 0 Å². The van der Waals surface area contributed by atoms with Gasteiger partial charge in [0.25, 0.3) is 0 Å². The topological polar surface area (TPSA) is 56.7 Å². The van der Waals surface area contributed by atoms with Gasteiger partial charge >= 0.3 is 0 Å². The molecule has 4 heteroatoms. The highest BCUT2D eigenvalue weighted by Crippen LogP contribution is 2.19. The minimum atomic E-state index is 0.469. The Kier molecular flexibility index (Phi) is 3.24. The summed E-state index contributed by atoms with van der Waals surface area (Å²) in [5.41, 5.74) is 12.3. The first-order valence-corrected chi connectivity index (χ1v) is 6.74. The monoisotopic (exact) mass is 266 g/mol. The second-order valence-corrected chi connectivity index (χ2v) is 5.12. The van der Waals surface area contributed by atoms with E-state index in [4.69, 9.17) is 5.73 Å². The molecule has 3 rings (SSSR count). The van der Waals surface area contributed by atoms with E-state index in [1.54, 1.807) is 0 Å². The van der Waals surface area contributed by atoms with Crippen molar-refractivity contribution in [3.05, 3.63) is 59.2 Å². The smallest absolute Gasteiger partial charge is 0.0962 e. The van der Waals surface area contributed by atoms with Crippen LogP contribution in [-0.4, -0.2) is 14.5 Å². The fourth-order valence-electron chi connectivity index (χ4n) is 2.34. The van der Waals surface area contributed by atoms with Crippen LogP contribution in [0, 0.1) is 13.8 Å². The van der Waals surface area contributed by atoms with Gasteiger partial charge in [-0.05, 0) is 49.2 Å². The molecule has 1 aromatic carbocycles. The molecular weight excluding hydrogens is 248 g/mol. The number of benzene rings is 1. The van der Waals surface area contributed by atoms with Crippen LogP contribution < -0.4 is 5.73 Å². The van der Waals surface area contributed by atoms with Crippen LogP contribution in [0.25, 0.3) is 11.0 Å². The second kappa shape index (κ2) is 5.06. The fourth-order valence-corrected chi connectivity index (χ4v) is 2.34. The van der Waals surface area contributed by atoms with Crippen molar-refractivity contribution >= 4 is 11.0 Å². The van der Waals surface area contributed by atoms with Crippen LogP contribution in [-0.2, 0) is 13.1 Å². The predicted octanol–water partition coefficient (Wildman–Crippen LogP) is 2.56. The van der Waals surface area contributed by atoms with Gasteiger partial charge in [0.1, 0.15) is 0 Å². The summed E-state index contributed by atoms with van der Waals surface area (Å²) >= 11 is 0. The van der Waals surface area contributed by atoms with Crippen LogP contribution in [0.2, 0.25) is 0 Å². The molecule has 2 aromatic heterocycles. The van der Waals surface area contributed by atoms with Crippen molar-refractivity contribution in [2.45, 2.75) is 26.9 Å². The number of nitrogens with zero attached hydrogens (tertiary/aromatic N) is 3. The first-order chi connectivity index (χ1) is 9.67. The SMILES string of the molecule is Cc1cc2ncn(Cc3cccc(CN)n3)c2cc1C. The van der Waals surface area contributed by atoms with Gasteiger partial charge in [0.2, 0.25) is 0 Å². The zero-order chi connectivity index (χ0) is 14.1. The number of pyridine rings is 1. The minimum absolute atomic E-state index is 0.469. The fraction of sp³-hybridized carbons (Fsp3) is 0.250. The highest BCUT2D eigenvalue weighted by atomic mass is 15.1. The Hall–Kier alpha value is -2.20. The first kappa shape index (κ1) is 12.8. The summed E-state index contributed by atoms with van der Waals surface area (Å²) in [6.45, 7) is 5.42. The van der Waals surface area contributed by atoms with Crippen LogP contribution in [0.3, 0.4) is 0 Å². The molecule has 0 atom stereocenters. The lowest BCUT2D eigenvalue weighted by Crippen LogP contribution is -2.05. The molecule has 2 heterocycles. The van der Waals surface area contributed by atoms with E-state index in [-0.39, 0.29) is 0 Å². The summed E-state index contributed by atoms with van der Waals surface area (Å²) in [5, 5.41) is 0. The van der Waals surface area contributed by atoms with E-state index in [9.17, 15) is 0 Å². The van der Waals surface area contributed by atoms with Gasteiger partial charge in [-0.1, -0.05) is 6.07 Å². The zero-order valence-corrected chi connectivity index (χ0v) is 11.8. The molecule has 3 aromatic rings. The van der Waals surface area contributed by atoms with Gasteiger partial charge in [-0.3, -0.25) is 4.98 Å². The second-order valence-electron chi connectivity index (χ2n) is 5.12. The van der Waals surface area contributed by atoms with Crippen LogP contribution in [0.1, 0.15) is 22.5 Å². The van der Waals surface area contributed by atoms with E-state index in [2.05, 4.69) is 40.5 Å². The average Bonchev–Trinajstić information content (AvgIpc) is 2.82.